The van der Waals surface area contributed by atoms with E-state index >= 15 is 0 Å². The van der Waals surface area contributed by atoms with E-state index in [0.29, 0.717) is 36.1 Å². The summed E-state index contributed by atoms with van der Waals surface area (Å²) in [5, 5.41) is 20.4. The highest BCUT2D eigenvalue weighted by Crippen LogP contribution is 2.50. The molecule has 0 amide bonds. The molecule has 0 bridgehead atoms. The number of rotatable bonds is 8. The van der Waals surface area contributed by atoms with Crippen LogP contribution in [0.3, 0.4) is 0 Å². The van der Waals surface area contributed by atoms with E-state index in [0.717, 1.165) is 22.3 Å². The van der Waals surface area contributed by atoms with Crippen LogP contribution in [0.25, 0.3) is 22.3 Å². The summed E-state index contributed by atoms with van der Waals surface area (Å²) >= 11 is 0. The van der Waals surface area contributed by atoms with Crippen molar-refractivity contribution < 1.29 is 23.0 Å². The number of aryl methyl sites for hydroxylation is 1. The second-order valence-corrected chi connectivity index (χ2v) is 12.6. The zero-order valence-corrected chi connectivity index (χ0v) is 23.6. The minimum absolute atomic E-state index is 0.00909. The molecule has 2 unspecified atom stereocenters. The fourth-order valence-corrected chi connectivity index (χ4v) is 7.89. The van der Waals surface area contributed by atoms with Gasteiger partial charge in [0.2, 0.25) is 10.0 Å². The monoisotopic (exact) mass is 579 g/mol. The van der Waals surface area contributed by atoms with Crippen molar-refractivity contribution in [2.75, 3.05) is 4.31 Å². The maximum atomic E-state index is 13.8. The molecule has 2 atom stereocenters. The van der Waals surface area contributed by atoms with Gasteiger partial charge in [-0.15, -0.1) is 0 Å². The molecule has 1 heterocycles. The van der Waals surface area contributed by atoms with Gasteiger partial charge in [-0.1, -0.05) is 78.9 Å². The molecule has 1 aliphatic heterocycles. The average molecular weight is 580 g/mol. The van der Waals surface area contributed by atoms with Crippen LogP contribution in [0.2, 0.25) is 0 Å². The van der Waals surface area contributed by atoms with E-state index in [1.54, 1.807) is 54.6 Å². The van der Waals surface area contributed by atoms with Crippen molar-refractivity contribution in [3.8, 4) is 33.8 Å². The highest BCUT2D eigenvalue weighted by molar-refractivity contribution is 7.95. The summed E-state index contributed by atoms with van der Waals surface area (Å²) in [5.74, 6) is -0.198. The minimum atomic E-state index is -3.71. The minimum Gasteiger partial charge on any atom is -0.508 e. The van der Waals surface area contributed by atoms with Gasteiger partial charge in [0.15, 0.2) is 0 Å². The Hall–Kier alpha value is -4.62. The first-order valence-corrected chi connectivity index (χ1v) is 15.4. The van der Waals surface area contributed by atoms with E-state index in [1.807, 2.05) is 54.6 Å². The largest absolute Gasteiger partial charge is 0.508 e. The van der Waals surface area contributed by atoms with Crippen molar-refractivity contribution in [1.29, 1.82) is 0 Å². The summed E-state index contributed by atoms with van der Waals surface area (Å²) in [6.07, 6.45) is 1.60. The van der Waals surface area contributed by atoms with Crippen LogP contribution in [0, 0.1) is 5.82 Å². The molecular weight excluding hydrogens is 549 g/mol. The molecule has 1 aliphatic rings. The third-order valence-electron chi connectivity index (χ3n) is 7.89. The number of hydrogen-bond acceptors (Lipinski definition) is 4. The summed E-state index contributed by atoms with van der Waals surface area (Å²) < 4.78 is 42.3. The Bertz CT molecular complexity index is 1810. The Morgan fingerprint density at radius 2 is 1.33 bits per heavy atom. The van der Waals surface area contributed by atoms with E-state index in [1.165, 1.54) is 16.4 Å². The fourth-order valence-electron chi connectivity index (χ4n) is 5.75. The van der Waals surface area contributed by atoms with Gasteiger partial charge >= 0.3 is 0 Å². The fraction of sp³-hybridized carbons (Fsp3) is 0.143. The van der Waals surface area contributed by atoms with Crippen LogP contribution in [-0.2, 0) is 16.4 Å². The molecule has 5 nitrogen and oxygen atoms in total. The van der Waals surface area contributed by atoms with E-state index in [4.69, 9.17) is 0 Å². The van der Waals surface area contributed by atoms with Gasteiger partial charge in [-0.05, 0) is 89.5 Å². The van der Waals surface area contributed by atoms with Gasteiger partial charge in [-0.25, -0.2) is 12.8 Å². The van der Waals surface area contributed by atoms with Crippen LogP contribution in [0.1, 0.15) is 30.0 Å². The number of halogens is 1. The molecule has 0 spiro atoms. The zero-order valence-electron chi connectivity index (χ0n) is 22.8. The van der Waals surface area contributed by atoms with Crippen LogP contribution < -0.4 is 4.31 Å². The lowest BCUT2D eigenvalue weighted by Crippen LogP contribution is -2.58. The molecule has 5 aromatic carbocycles. The first-order chi connectivity index (χ1) is 20.3. The normalized spacial score (nSPS) is 17.5. The highest BCUT2D eigenvalue weighted by Gasteiger charge is 2.54. The molecule has 0 aromatic heterocycles. The van der Waals surface area contributed by atoms with Gasteiger partial charge in [-0.3, -0.25) is 4.31 Å². The Morgan fingerprint density at radius 1 is 0.690 bits per heavy atom. The van der Waals surface area contributed by atoms with Gasteiger partial charge in [-0.2, -0.15) is 0 Å². The van der Waals surface area contributed by atoms with Crippen LogP contribution >= 0.6 is 0 Å². The Kier molecular flexibility index (Phi) is 7.43. The number of sulfonamides is 1. The topological polar surface area (TPSA) is 77.8 Å². The number of nitrogens with zero attached hydrogens (tertiary/aromatic N) is 1. The SMILES string of the molecule is O=S1(=O)C(CCCc2ccc(F)cc2)C(c2ccc(-c3cccc(O)c3)cc2O)N1c1ccc(-c2ccccc2)cc1. The molecule has 7 heteroatoms. The van der Waals surface area contributed by atoms with Crippen molar-refractivity contribution in [2.45, 2.75) is 30.6 Å². The molecule has 212 valence electrons. The third kappa shape index (κ3) is 5.35. The lowest BCUT2D eigenvalue weighted by atomic mass is 9.94. The number of anilines is 1. The van der Waals surface area contributed by atoms with Crippen molar-refractivity contribution in [1.82, 2.24) is 0 Å². The summed E-state index contributed by atoms with van der Waals surface area (Å²) in [5.41, 5.74) is 5.45. The van der Waals surface area contributed by atoms with Crippen LogP contribution in [0.4, 0.5) is 10.1 Å². The highest BCUT2D eigenvalue weighted by atomic mass is 32.2. The zero-order chi connectivity index (χ0) is 29.3. The molecule has 1 saturated heterocycles. The molecule has 0 radical (unpaired) electrons. The Balaban J connectivity index is 1.32. The predicted molar refractivity (Wildman–Crippen MR) is 164 cm³/mol. The van der Waals surface area contributed by atoms with Gasteiger partial charge < -0.3 is 10.2 Å². The third-order valence-corrected chi connectivity index (χ3v) is 10.1. The van der Waals surface area contributed by atoms with Crippen LogP contribution in [-0.4, -0.2) is 23.9 Å². The standard InChI is InChI=1S/C35H30FNO4S/c36-29-17-12-24(13-18-29)6-4-11-34-35(32-21-16-28(23-33(32)39)27-9-5-10-31(38)22-27)37(42(34,40)41)30-19-14-26(15-20-30)25-7-2-1-3-8-25/h1-3,5,7-10,12-23,34-35,38-39H,4,6,11H2. The maximum absolute atomic E-state index is 13.8. The summed E-state index contributed by atoms with van der Waals surface area (Å²) in [6.45, 7) is 0. The number of benzene rings is 5. The molecule has 42 heavy (non-hydrogen) atoms. The van der Waals surface area contributed by atoms with E-state index in [2.05, 4.69) is 0 Å². The van der Waals surface area contributed by atoms with E-state index in [9.17, 15) is 23.0 Å². The number of hydrogen-bond donors (Lipinski definition) is 2. The van der Waals surface area contributed by atoms with Crippen molar-refractivity contribution in [3.05, 3.63) is 138 Å². The lowest BCUT2D eigenvalue weighted by molar-refractivity contribution is 0.437. The Labute approximate surface area is 245 Å². The first-order valence-electron chi connectivity index (χ1n) is 13.9. The van der Waals surface area contributed by atoms with E-state index in [-0.39, 0.29) is 17.3 Å². The molecule has 0 saturated carbocycles. The van der Waals surface area contributed by atoms with Gasteiger partial charge in [0.05, 0.1) is 11.7 Å². The summed E-state index contributed by atoms with van der Waals surface area (Å²) in [6, 6.07) is 34.9. The smallest absolute Gasteiger partial charge is 0.241 e. The van der Waals surface area contributed by atoms with Crippen molar-refractivity contribution >= 4 is 15.7 Å². The molecule has 1 fully saturated rings. The van der Waals surface area contributed by atoms with Crippen molar-refractivity contribution in [2.24, 2.45) is 0 Å². The van der Waals surface area contributed by atoms with E-state index < -0.39 is 21.3 Å². The quantitative estimate of drug-likeness (QED) is 0.196. The van der Waals surface area contributed by atoms with Crippen LogP contribution in [0.5, 0.6) is 11.5 Å². The predicted octanol–water partition coefficient (Wildman–Crippen LogP) is 7.85. The summed E-state index contributed by atoms with van der Waals surface area (Å²) in [7, 11) is -3.71. The van der Waals surface area contributed by atoms with Gasteiger partial charge in [0, 0.05) is 5.56 Å². The molecular formula is C35H30FNO4S. The van der Waals surface area contributed by atoms with Crippen LogP contribution in [0.15, 0.2) is 121 Å². The molecule has 6 rings (SSSR count). The van der Waals surface area contributed by atoms with Gasteiger partial charge in [0.1, 0.15) is 22.6 Å². The van der Waals surface area contributed by atoms with Gasteiger partial charge in [0.25, 0.3) is 0 Å². The molecule has 2 N–H and O–H groups in total. The second kappa shape index (κ2) is 11.3. The maximum Gasteiger partial charge on any atom is 0.241 e. The number of aromatic hydroxyl groups is 2. The van der Waals surface area contributed by atoms with Crippen molar-refractivity contribution in [3.63, 3.8) is 0 Å². The average Bonchev–Trinajstić information content (AvgIpc) is 3.00. The summed E-state index contributed by atoms with van der Waals surface area (Å²) in [4.78, 5) is 0. The lowest BCUT2D eigenvalue weighted by Gasteiger charge is -2.48. The molecule has 0 aliphatic carbocycles. The first kappa shape index (κ1) is 27.5. The Morgan fingerprint density at radius 3 is 2.02 bits per heavy atom. The molecule has 5 aromatic rings. The number of phenolic OH excluding ortho intramolecular Hbond substituents is 2. The number of phenols is 2. The second-order valence-electron chi connectivity index (χ2n) is 10.6.